The van der Waals surface area contributed by atoms with Crippen LogP contribution < -0.4 is 9.47 Å². The van der Waals surface area contributed by atoms with Crippen molar-refractivity contribution in [3.63, 3.8) is 0 Å². The number of carbonyl (C=O) groups is 1. The summed E-state index contributed by atoms with van der Waals surface area (Å²) < 4.78 is 15.8. The highest BCUT2D eigenvalue weighted by molar-refractivity contribution is 6.32. The van der Waals surface area contributed by atoms with Crippen LogP contribution in [0.3, 0.4) is 0 Å². The fourth-order valence-corrected chi connectivity index (χ4v) is 2.53. The summed E-state index contributed by atoms with van der Waals surface area (Å²) in [5, 5.41) is 0.462. The average molecular weight is 358 g/mol. The number of carbonyl (C=O) groups excluding carboxylic acids is 1. The van der Waals surface area contributed by atoms with Crippen molar-refractivity contribution in [2.24, 2.45) is 4.99 Å². The SMILES string of the molecule is COc1ccc(/C=C2/N=C(CCOc3ccccc3)OC2=O)cc1Cl. The van der Waals surface area contributed by atoms with Gasteiger partial charge < -0.3 is 14.2 Å². The van der Waals surface area contributed by atoms with E-state index in [0.29, 0.717) is 29.7 Å². The molecular formula is C19H16ClNO4. The monoisotopic (exact) mass is 357 g/mol. The first kappa shape index (κ1) is 17.0. The highest BCUT2D eigenvalue weighted by Gasteiger charge is 2.22. The van der Waals surface area contributed by atoms with Crippen LogP contribution in [0.25, 0.3) is 6.08 Å². The van der Waals surface area contributed by atoms with Crippen LogP contribution in [0.5, 0.6) is 11.5 Å². The molecule has 5 nitrogen and oxygen atoms in total. The first-order valence-corrected chi connectivity index (χ1v) is 8.06. The normalized spacial score (nSPS) is 15.0. The highest BCUT2D eigenvalue weighted by atomic mass is 35.5. The Kier molecular flexibility index (Phi) is 5.36. The van der Waals surface area contributed by atoms with E-state index in [1.54, 1.807) is 31.4 Å². The number of hydrogen-bond donors (Lipinski definition) is 0. The van der Waals surface area contributed by atoms with Crippen molar-refractivity contribution in [2.45, 2.75) is 6.42 Å². The third kappa shape index (κ3) is 4.39. The smallest absolute Gasteiger partial charge is 0.363 e. The van der Waals surface area contributed by atoms with Gasteiger partial charge in [0, 0.05) is 0 Å². The van der Waals surface area contributed by atoms with E-state index in [2.05, 4.69) is 4.99 Å². The van der Waals surface area contributed by atoms with Gasteiger partial charge >= 0.3 is 5.97 Å². The Bertz CT molecular complexity index is 831. The van der Waals surface area contributed by atoms with Crippen LogP contribution in [0.4, 0.5) is 0 Å². The second-order valence-corrected chi connectivity index (χ2v) is 5.64. The molecule has 25 heavy (non-hydrogen) atoms. The molecule has 1 heterocycles. The molecule has 2 aromatic rings. The van der Waals surface area contributed by atoms with E-state index in [4.69, 9.17) is 25.8 Å². The number of esters is 1. The minimum atomic E-state index is -0.485. The van der Waals surface area contributed by atoms with E-state index < -0.39 is 5.97 Å². The first-order valence-electron chi connectivity index (χ1n) is 7.68. The molecule has 0 amide bonds. The van der Waals surface area contributed by atoms with Crippen LogP contribution in [0.15, 0.2) is 59.2 Å². The molecule has 0 aliphatic carbocycles. The van der Waals surface area contributed by atoms with Crippen LogP contribution in [-0.2, 0) is 9.53 Å². The van der Waals surface area contributed by atoms with Crippen molar-refractivity contribution in [1.82, 2.24) is 0 Å². The lowest BCUT2D eigenvalue weighted by atomic mass is 10.2. The van der Waals surface area contributed by atoms with E-state index in [0.717, 1.165) is 11.3 Å². The van der Waals surface area contributed by atoms with Gasteiger partial charge in [-0.15, -0.1) is 0 Å². The molecule has 0 saturated heterocycles. The highest BCUT2D eigenvalue weighted by Crippen LogP contribution is 2.26. The quantitative estimate of drug-likeness (QED) is 0.576. The zero-order valence-electron chi connectivity index (χ0n) is 13.6. The third-order valence-electron chi connectivity index (χ3n) is 3.47. The number of rotatable bonds is 6. The van der Waals surface area contributed by atoms with Crippen molar-refractivity contribution in [3.05, 3.63) is 64.8 Å². The molecule has 0 atom stereocenters. The number of ether oxygens (including phenoxy) is 3. The summed E-state index contributed by atoms with van der Waals surface area (Å²) in [5.74, 6) is 1.18. The number of halogens is 1. The molecule has 0 saturated carbocycles. The molecule has 0 aromatic heterocycles. The molecule has 0 spiro atoms. The molecule has 1 aliphatic heterocycles. The summed E-state index contributed by atoms with van der Waals surface area (Å²) >= 11 is 6.08. The summed E-state index contributed by atoms with van der Waals surface area (Å²) in [5.41, 5.74) is 0.972. The number of para-hydroxylation sites is 1. The summed E-state index contributed by atoms with van der Waals surface area (Å²) in [6.45, 7) is 0.373. The van der Waals surface area contributed by atoms with Crippen molar-refractivity contribution in [1.29, 1.82) is 0 Å². The van der Waals surface area contributed by atoms with E-state index >= 15 is 0 Å². The predicted octanol–water partition coefficient (Wildman–Crippen LogP) is 4.11. The average Bonchev–Trinajstić information content (AvgIpc) is 2.95. The van der Waals surface area contributed by atoms with E-state index in [1.165, 1.54) is 0 Å². The van der Waals surface area contributed by atoms with Gasteiger partial charge in [-0.1, -0.05) is 35.9 Å². The maximum absolute atomic E-state index is 11.9. The second kappa shape index (κ2) is 7.85. The van der Waals surface area contributed by atoms with Gasteiger partial charge in [-0.3, -0.25) is 0 Å². The molecule has 6 heteroatoms. The second-order valence-electron chi connectivity index (χ2n) is 5.23. The van der Waals surface area contributed by atoms with Gasteiger partial charge in [0.15, 0.2) is 5.70 Å². The Morgan fingerprint density at radius 3 is 2.72 bits per heavy atom. The summed E-state index contributed by atoms with van der Waals surface area (Å²) in [6, 6.07) is 14.6. The van der Waals surface area contributed by atoms with Crippen LogP contribution in [0, 0.1) is 0 Å². The molecule has 1 aliphatic rings. The zero-order valence-corrected chi connectivity index (χ0v) is 14.3. The molecule has 0 radical (unpaired) electrons. The molecule has 0 N–H and O–H groups in total. The van der Waals surface area contributed by atoms with Gasteiger partial charge in [0.05, 0.1) is 25.2 Å². The fourth-order valence-electron chi connectivity index (χ4n) is 2.26. The largest absolute Gasteiger partial charge is 0.495 e. The van der Waals surface area contributed by atoms with Gasteiger partial charge in [-0.05, 0) is 35.9 Å². The Balaban J connectivity index is 1.64. The van der Waals surface area contributed by atoms with Gasteiger partial charge in [-0.2, -0.15) is 0 Å². The van der Waals surface area contributed by atoms with Crippen LogP contribution in [-0.4, -0.2) is 25.6 Å². The van der Waals surface area contributed by atoms with Gasteiger partial charge in [0.25, 0.3) is 0 Å². The summed E-state index contributed by atoms with van der Waals surface area (Å²) in [4.78, 5) is 16.1. The number of methoxy groups -OCH3 is 1. The fraction of sp³-hybridized carbons (Fsp3) is 0.158. The number of nitrogens with zero attached hydrogens (tertiary/aromatic N) is 1. The van der Waals surface area contributed by atoms with E-state index in [-0.39, 0.29) is 5.70 Å². The maximum atomic E-state index is 11.9. The number of benzene rings is 2. The molecule has 0 unspecified atom stereocenters. The van der Waals surface area contributed by atoms with E-state index in [1.807, 2.05) is 30.3 Å². The maximum Gasteiger partial charge on any atom is 0.363 e. The molecule has 128 valence electrons. The lowest BCUT2D eigenvalue weighted by molar-refractivity contribution is -0.130. The minimum Gasteiger partial charge on any atom is -0.495 e. The standard InChI is InChI=1S/C19H16ClNO4/c1-23-17-8-7-13(11-15(17)20)12-16-19(22)25-18(21-16)9-10-24-14-5-3-2-4-6-14/h2-8,11-12H,9-10H2,1H3/b16-12+. The van der Waals surface area contributed by atoms with Crippen molar-refractivity contribution < 1.29 is 19.0 Å². The topological polar surface area (TPSA) is 57.1 Å². The third-order valence-corrected chi connectivity index (χ3v) is 3.77. The Morgan fingerprint density at radius 2 is 2.00 bits per heavy atom. The lowest BCUT2D eigenvalue weighted by Crippen LogP contribution is -2.08. The Labute approximate surface area is 150 Å². The number of hydrogen-bond acceptors (Lipinski definition) is 5. The van der Waals surface area contributed by atoms with Gasteiger partial charge in [0.2, 0.25) is 5.90 Å². The van der Waals surface area contributed by atoms with Crippen molar-refractivity contribution in [2.75, 3.05) is 13.7 Å². The van der Waals surface area contributed by atoms with Crippen LogP contribution in [0.1, 0.15) is 12.0 Å². The van der Waals surface area contributed by atoms with Crippen LogP contribution >= 0.6 is 11.6 Å². The Hall–Kier alpha value is -2.79. The van der Waals surface area contributed by atoms with Crippen LogP contribution in [0.2, 0.25) is 5.02 Å². The molecule has 0 fully saturated rings. The molecule has 0 bridgehead atoms. The lowest BCUT2D eigenvalue weighted by Gasteiger charge is -2.04. The van der Waals surface area contributed by atoms with Gasteiger partial charge in [0.1, 0.15) is 11.5 Å². The number of cyclic esters (lactones) is 1. The number of aliphatic imine (C=N–C) groups is 1. The first-order chi connectivity index (χ1) is 12.2. The van der Waals surface area contributed by atoms with Crippen molar-refractivity contribution in [3.8, 4) is 11.5 Å². The van der Waals surface area contributed by atoms with Crippen molar-refractivity contribution >= 4 is 29.5 Å². The zero-order chi connectivity index (χ0) is 17.6. The predicted molar refractivity (Wildman–Crippen MR) is 96.1 cm³/mol. The van der Waals surface area contributed by atoms with E-state index in [9.17, 15) is 4.79 Å². The Morgan fingerprint density at radius 1 is 1.20 bits per heavy atom. The summed E-state index contributed by atoms with van der Waals surface area (Å²) in [6.07, 6.45) is 2.03. The molecule has 3 rings (SSSR count). The molecular weight excluding hydrogens is 342 g/mol. The molecule has 2 aromatic carbocycles. The van der Waals surface area contributed by atoms with Gasteiger partial charge in [-0.25, -0.2) is 9.79 Å². The minimum absolute atomic E-state index is 0.232. The summed E-state index contributed by atoms with van der Waals surface area (Å²) in [7, 11) is 1.54.